The Morgan fingerprint density at radius 2 is 1.74 bits per heavy atom. The molecular weight excluding hydrogens is 676 g/mol. The number of pyridine rings is 1. The number of nitrogens with one attached hydrogen (secondary N) is 2. The number of hydrogen-bond acceptors (Lipinski definition) is 6. The Morgan fingerprint density at radius 1 is 1.00 bits per heavy atom. The van der Waals surface area contributed by atoms with Gasteiger partial charge >= 0.3 is 0 Å². The quantitative estimate of drug-likeness (QED) is 0.223. The maximum atomic E-state index is 16.1. The minimum absolute atomic E-state index is 0.00818. The van der Waals surface area contributed by atoms with E-state index < -0.39 is 5.67 Å². The predicted molar refractivity (Wildman–Crippen MR) is 202 cm³/mol. The Bertz CT molecular complexity index is 1760. The Morgan fingerprint density at radius 3 is 2.40 bits per heavy atom. The van der Waals surface area contributed by atoms with E-state index >= 15 is 4.39 Å². The zero-order valence-electron chi connectivity index (χ0n) is 29.7. The average molecular weight is 727 g/mol. The third kappa shape index (κ3) is 8.27. The number of likely N-dealkylation sites (tertiary alicyclic amines) is 1. The standard InChI is InChI=1S/C39H50Cl2FN5O3/c1-25-26(2)38(49)45(3)23-31(25)28-19-33(40)32(36(20-28)50-4)24-46-17-13-39(42,14-18-46)12-9-27-10-15-47(16-11-27)35-7-5-29(21-34(35)41)44-30-6-8-37(48)43-22-30/h5,7,19-21,23,27,30,44H,6,8-18,22,24H2,1-4H3,(H,43,48). The number of amides is 1. The lowest BCUT2D eigenvalue weighted by atomic mass is 9.83. The van der Waals surface area contributed by atoms with Crippen molar-refractivity contribution >= 4 is 40.5 Å². The molecule has 1 unspecified atom stereocenters. The Kier molecular flexibility index (Phi) is 11.4. The van der Waals surface area contributed by atoms with Crippen molar-refractivity contribution in [2.24, 2.45) is 13.0 Å². The van der Waals surface area contributed by atoms with Gasteiger partial charge in [0, 0.05) is 92.4 Å². The summed E-state index contributed by atoms with van der Waals surface area (Å²) in [6.45, 7) is 8.21. The SMILES string of the molecule is COc1cc(-c2cn(C)c(=O)c(C)c2C)cc(Cl)c1CN1CCC(F)(CCC2CCN(c3ccc(NC4CCC(=O)NC4)cc3Cl)CC2)CC1. The number of rotatable bonds is 10. The first-order valence-corrected chi connectivity index (χ1v) is 18.7. The van der Waals surface area contributed by atoms with Crippen molar-refractivity contribution in [3.8, 4) is 16.9 Å². The molecule has 3 aliphatic rings. The molecule has 270 valence electrons. The van der Waals surface area contributed by atoms with E-state index in [1.54, 1.807) is 18.7 Å². The number of piperidine rings is 3. The second-order valence-electron chi connectivity index (χ2n) is 14.6. The topological polar surface area (TPSA) is 78.8 Å². The van der Waals surface area contributed by atoms with Crippen molar-refractivity contribution in [3.05, 3.63) is 73.6 Å². The van der Waals surface area contributed by atoms with Crippen LogP contribution in [0.1, 0.15) is 68.1 Å². The van der Waals surface area contributed by atoms with E-state index in [-0.39, 0.29) is 17.5 Å². The molecule has 0 spiro atoms. The van der Waals surface area contributed by atoms with Crippen molar-refractivity contribution in [2.45, 2.75) is 83.5 Å². The zero-order valence-corrected chi connectivity index (χ0v) is 31.2. The molecular formula is C39H50Cl2FN5O3. The number of hydrogen-bond donors (Lipinski definition) is 2. The molecule has 3 fully saturated rings. The lowest BCUT2D eigenvalue weighted by Gasteiger charge is -2.39. The lowest BCUT2D eigenvalue weighted by molar-refractivity contribution is -0.122. The first kappa shape index (κ1) is 36.5. The number of benzene rings is 2. The largest absolute Gasteiger partial charge is 0.496 e. The number of aromatic nitrogens is 1. The minimum atomic E-state index is -1.14. The maximum Gasteiger partial charge on any atom is 0.253 e. The van der Waals surface area contributed by atoms with Crippen LogP contribution in [0.15, 0.2) is 41.3 Å². The van der Waals surface area contributed by atoms with Crippen molar-refractivity contribution in [1.82, 2.24) is 14.8 Å². The molecule has 0 saturated carbocycles. The van der Waals surface area contributed by atoms with Crippen LogP contribution < -0.4 is 25.8 Å². The molecule has 1 aromatic heterocycles. The van der Waals surface area contributed by atoms with Gasteiger partial charge in [0.2, 0.25) is 5.91 Å². The molecule has 1 atom stereocenters. The highest BCUT2D eigenvalue weighted by Gasteiger charge is 2.36. The Hall–Kier alpha value is -3.27. The van der Waals surface area contributed by atoms with Gasteiger partial charge in [-0.2, -0.15) is 0 Å². The van der Waals surface area contributed by atoms with Gasteiger partial charge in [-0.3, -0.25) is 14.5 Å². The van der Waals surface area contributed by atoms with Gasteiger partial charge in [0.25, 0.3) is 5.56 Å². The number of methoxy groups -OCH3 is 1. The van der Waals surface area contributed by atoms with E-state index in [2.05, 4.69) is 32.6 Å². The van der Waals surface area contributed by atoms with Crippen LogP contribution in [-0.2, 0) is 18.4 Å². The smallest absolute Gasteiger partial charge is 0.253 e. The average Bonchev–Trinajstić information content (AvgIpc) is 3.11. The third-order valence-electron chi connectivity index (χ3n) is 11.3. The van der Waals surface area contributed by atoms with Gasteiger partial charge in [-0.05, 0) is 106 Å². The van der Waals surface area contributed by atoms with Crippen LogP contribution in [0, 0.1) is 19.8 Å². The van der Waals surface area contributed by atoms with E-state index in [0.717, 1.165) is 77.4 Å². The molecule has 0 aliphatic carbocycles. The van der Waals surface area contributed by atoms with Crippen molar-refractivity contribution in [2.75, 3.05) is 50.1 Å². The molecule has 3 saturated heterocycles. The number of carbonyl (C=O) groups is 1. The molecule has 1 amide bonds. The van der Waals surface area contributed by atoms with Gasteiger partial charge in [0.15, 0.2) is 0 Å². The van der Waals surface area contributed by atoms with Gasteiger partial charge in [-0.25, -0.2) is 4.39 Å². The van der Waals surface area contributed by atoms with Crippen LogP contribution >= 0.6 is 23.2 Å². The van der Waals surface area contributed by atoms with Crippen LogP contribution in [0.25, 0.3) is 11.1 Å². The summed E-state index contributed by atoms with van der Waals surface area (Å²) in [4.78, 5) is 28.5. The van der Waals surface area contributed by atoms with E-state index in [0.29, 0.717) is 74.1 Å². The summed E-state index contributed by atoms with van der Waals surface area (Å²) in [5.74, 6) is 1.32. The van der Waals surface area contributed by atoms with Gasteiger partial charge in [-0.15, -0.1) is 0 Å². The summed E-state index contributed by atoms with van der Waals surface area (Å²) in [6, 6.07) is 10.3. The normalized spacial score (nSPS) is 20.1. The van der Waals surface area contributed by atoms with Gasteiger partial charge in [0.1, 0.15) is 11.4 Å². The van der Waals surface area contributed by atoms with Crippen molar-refractivity contribution in [1.29, 1.82) is 0 Å². The van der Waals surface area contributed by atoms with Crippen LogP contribution in [0.2, 0.25) is 10.0 Å². The van der Waals surface area contributed by atoms with Crippen LogP contribution in [0.4, 0.5) is 15.8 Å². The molecule has 11 heteroatoms. The number of ether oxygens (including phenoxy) is 1. The number of anilines is 2. The lowest BCUT2D eigenvalue weighted by Crippen LogP contribution is -2.42. The van der Waals surface area contributed by atoms with E-state index in [1.807, 2.05) is 38.2 Å². The highest BCUT2D eigenvalue weighted by molar-refractivity contribution is 6.33. The van der Waals surface area contributed by atoms with Crippen molar-refractivity contribution in [3.63, 3.8) is 0 Å². The van der Waals surface area contributed by atoms with Gasteiger partial charge in [0.05, 0.1) is 17.8 Å². The number of nitrogens with zero attached hydrogens (tertiary/aromatic N) is 3. The molecule has 3 aromatic rings. The fourth-order valence-electron chi connectivity index (χ4n) is 7.83. The molecule has 4 heterocycles. The molecule has 8 nitrogen and oxygen atoms in total. The van der Waals surface area contributed by atoms with E-state index in [1.165, 1.54) is 0 Å². The van der Waals surface area contributed by atoms with E-state index in [9.17, 15) is 9.59 Å². The number of alkyl halides is 1. The van der Waals surface area contributed by atoms with Crippen LogP contribution in [0.3, 0.4) is 0 Å². The monoisotopic (exact) mass is 725 g/mol. The summed E-state index contributed by atoms with van der Waals surface area (Å²) in [5.41, 5.74) is 5.26. The van der Waals surface area contributed by atoms with Crippen LogP contribution in [-0.4, -0.2) is 66.9 Å². The maximum absolute atomic E-state index is 16.1. The summed E-state index contributed by atoms with van der Waals surface area (Å²) in [6.07, 6.45) is 7.82. The number of halogens is 3. The molecule has 0 bridgehead atoms. The molecule has 2 N–H and O–H groups in total. The summed E-state index contributed by atoms with van der Waals surface area (Å²) >= 11 is 13.6. The minimum Gasteiger partial charge on any atom is -0.496 e. The molecule has 2 aromatic carbocycles. The fraction of sp³-hybridized carbons (Fsp3) is 0.538. The summed E-state index contributed by atoms with van der Waals surface area (Å²) in [7, 11) is 3.41. The molecule has 50 heavy (non-hydrogen) atoms. The Balaban J connectivity index is 0.978. The van der Waals surface area contributed by atoms with E-state index in [4.69, 9.17) is 27.9 Å². The molecule has 6 rings (SSSR count). The first-order valence-electron chi connectivity index (χ1n) is 18.0. The Labute approximate surface area is 305 Å². The van der Waals surface area contributed by atoms with Crippen LogP contribution in [0.5, 0.6) is 5.75 Å². The second-order valence-corrected chi connectivity index (χ2v) is 15.4. The number of carbonyl (C=O) groups excluding carboxylic acids is 1. The molecule has 0 radical (unpaired) electrons. The fourth-order valence-corrected chi connectivity index (χ4v) is 8.40. The number of aryl methyl sites for hydroxylation is 1. The highest BCUT2D eigenvalue weighted by atomic mass is 35.5. The second kappa shape index (κ2) is 15.5. The van der Waals surface area contributed by atoms with Crippen molar-refractivity contribution < 1.29 is 13.9 Å². The summed E-state index contributed by atoms with van der Waals surface area (Å²) < 4.78 is 23.5. The highest BCUT2D eigenvalue weighted by Crippen LogP contribution is 2.39. The zero-order chi connectivity index (χ0) is 35.6. The molecule has 3 aliphatic heterocycles. The van der Waals surface area contributed by atoms with Gasteiger partial charge in [-0.1, -0.05) is 23.2 Å². The third-order valence-corrected chi connectivity index (χ3v) is 11.9. The summed E-state index contributed by atoms with van der Waals surface area (Å²) in [5, 5.41) is 7.74. The first-order chi connectivity index (χ1) is 23.9. The predicted octanol–water partition coefficient (Wildman–Crippen LogP) is 7.68. The van der Waals surface area contributed by atoms with Gasteiger partial charge < -0.3 is 24.8 Å².